The number of rotatable bonds is 7. The van der Waals surface area contributed by atoms with E-state index in [1.54, 1.807) is 18.2 Å². The van der Waals surface area contributed by atoms with E-state index in [9.17, 15) is 14.0 Å². The maximum Gasteiger partial charge on any atom is 0.275 e. The summed E-state index contributed by atoms with van der Waals surface area (Å²) in [5.41, 5.74) is 1.50. The zero-order chi connectivity index (χ0) is 19.8. The predicted molar refractivity (Wildman–Crippen MR) is 105 cm³/mol. The minimum atomic E-state index is -0.304. The monoisotopic (exact) mass is 384 g/mol. The molecule has 1 aliphatic rings. The Morgan fingerprint density at radius 2 is 1.64 bits per heavy atom. The first-order valence-electron chi connectivity index (χ1n) is 9.77. The molecule has 0 bridgehead atoms. The van der Waals surface area contributed by atoms with Gasteiger partial charge in [-0.15, -0.1) is 0 Å². The van der Waals surface area contributed by atoms with E-state index in [2.05, 4.69) is 10.6 Å². The van der Waals surface area contributed by atoms with Crippen LogP contribution in [0.25, 0.3) is 0 Å². The highest BCUT2D eigenvalue weighted by atomic mass is 19.1. The highest BCUT2D eigenvalue weighted by Gasteiger charge is 2.25. The first kappa shape index (κ1) is 20.0. The smallest absolute Gasteiger partial charge is 0.275 e. The van der Waals surface area contributed by atoms with Crippen molar-refractivity contribution in [2.45, 2.75) is 31.8 Å². The minimum Gasteiger partial charge on any atom is -0.353 e. The van der Waals surface area contributed by atoms with Crippen molar-refractivity contribution in [3.05, 3.63) is 71.5 Å². The van der Waals surface area contributed by atoms with E-state index in [1.807, 2.05) is 30.3 Å². The van der Waals surface area contributed by atoms with Crippen molar-refractivity contribution in [2.24, 2.45) is 0 Å². The van der Waals surface area contributed by atoms with Crippen molar-refractivity contribution in [3.63, 3.8) is 0 Å². The summed E-state index contributed by atoms with van der Waals surface area (Å²) in [7, 11) is 0. The van der Waals surface area contributed by atoms with Crippen molar-refractivity contribution < 1.29 is 18.9 Å². The highest BCUT2D eigenvalue weighted by molar-refractivity contribution is 5.79. The minimum absolute atomic E-state index is 0.0438. The van der Waals surface area contributed by atoms with Crippen LogP contribution in [0.3, 0.4) is 0 Å². The van der Waals surface area contributed by atoms with Crippen molar-refractivity contribution in [3.8, 4) is 0 Å². The Morgan fingerprint density at radius 3 is 2.36 bits per heavy atom. The molecule has 2 aromatic carbocycles. The van der Waals surface area contributed by atoms with Crippen molar-refractivity contribution in [1.82, 2.24) is 10.6 Å². The lowest BCUT2D eigenvalue weighted by Gasteiger charge is -2.29. The highest BCUT2D eigenvalue weighted by Crippen LogP contribution is 2.05. The molecule has 3 N–H and O–H groups in total. The number of benzene rings is 2. The van der Waals surface area contributed by atoms with Crippen molar-refractivity contribution in [2.75, 3.05) is 19.6 Å². The summed E-state index contributed by atoms with van der Waals surface area (Å²) in [6.07, 6.45) is 2.11. The molecule has 6 heteroatoms. The second-order valence-corrected chi connectivity index (χ2v) is 7.30. The average molecular weight is 384 g/mol. The van der Waals surface area contributed by atoms with Gasteiger partial charge in [-0.3, -0.25) is 9.59 Å². The average Bonchev–Trinajstić information content (AvgIpc) is 2.69. The van der Waals surface area contributed by atoms with Gasteiger partial charge in [0.05, 0.1) is 19.5 Å². The predicted octanol–water partition coefficient (Wildman–Crippen LogP) is 0.848. The Bertz CT molecular complexity index is 789. The van der Waals surface area contributed by atoms with Gasteiger partial charge in [0.1, 0.15) is 5.82 Å². The molecule has 2 aromatic rings. The molecule has 28 heavy (non-hydrogen) atoms. The molecule has 1 heterocycles. The van der Waals surface area contributed by atoms with Gasteiger partial charge in [-0.25, -0.2) is 4.39 Å². The SMILES string of the molecule is O=C(C[NH+]1CCC(NC(=O)Cc2ccccc2)CC1)NCc1ccccc1F. The van der Waals surface area contributed by atoms with E-state index in [4.69, 9.17) is 0 Å². The summed E-state index contributed by atoms with van der Waals surface area (Å²) >= 11 is 0. The van der Waals surface area contributed by atoms with Gasteiger partial charge in [-0.1, -0.05) is 48.5 Å². The quantitative estimate of drug-likeness (QED) is 0.663. The molecular formula is C22H27FN3O2+. The van der Waals surface area contributed by atoms with Gasteiger partial charge in [-0.05, 0) is 11.6 Å². The van der Waals surface area contributed by atoms with E-state index in [0.717, 1.165) is 31.5 Å². The fourth-order valence-electron chi connectivity index (χ4n) is 3.53. The van der Waals surface area contributed by atoms with Gasteiger partial charge in [0.2, 0.25) is 5.91 Å². The van der Waals surface area contributed by atoms with E-state index in [-0.39, 0.29) is 30.2 Å². The van der Waals surface area contributed by atoms with Crippen LogP contribution in [0.1, 0.15) is 24.0 Å². The number of carbonyl (C=O) groups excluding carboxylic acids is 2. The van der Waals surface area contributed by atoms with Crippen molar-refractivity contribution >= 4 is 11.8 Å². The molecule has 0 unspecified atom stereocenters. The van der Waals surface area contributed by atoms with Gasteiger partial charge < -0.3 is 15.5 Å². The summed E-state index contributed by atoms with van der Waals surface area (Å²) in [6, 6.07) is 16.3. The van der Waals surface area contributed by atoms with Crippen LogP contribution >= 0.6 is 0 Å². The molecular weight excluding hydrogens is 357 g/mol. The summed E-state index contributed by atoms with van der Waals surface area (Å²) in [4.78, 5) is 25.5. The number of quaternary nitrogens is 1. The Balaban J connectivity index is 1.35. The number of carbonyl (C=O) groups is 2. The lowest BCUT2D eigenvalue weighted by Crippen LogP contribution is -3.14. The largest absolute Gasteiger partial charge is 0.353 e. The molecule has 148 valence electrons. The van der Waals surface area contributed by atoms with Crippen LogP contribution in [-0.4, -0.2) is 37.5 Å². The van der Waals surface area contributed by atoms with Crippen LogP contribution in [0.5, 0.6) is 0 Å². The number of halogens is 1. The molecule has 1 saturated heterocycles. The third-order valence-corrected chi connectivity index (χ3v) is 5.11. The molecule has 1 aliphatic heterocycles. The third kappa shape index (κ3) is 6.16. The number of nitrogens with one attached hydrogen (secondary N) is 3. The molecule has 0 radical (unpaired) electrons. The molecule has 0 spiro atoms. The van der Waals surface area contributed by atoms with Gasteiger partial charge in [-0.2, -0.15) is 0 Å². The molecule has 1 fully saturated rings. The Hall–Kier alpha value is -2.73. The van der Waals surface area contributed by atoms with Crippen LogP contribution in [0.2, 0.25) is 0 Å². The van der Waals surface area contributed by atoms with Crippen LogP contribution in [-0.2, 0) is 22.6 Å². The topological polar surface area (TPSA) is 62.6 Å². The third-order valence-electron chi connectivity index (χ3n) is 5.11. The molecule has 5 nitrogen and oxygen atoms in total. The Morgan fingerprint density at radius 1 is 0.964 bits per heavy atom. The Labute approximate surface area is 164 Å². The fourth-order valence-corrected chi connectivity index (χ4v) is 3.53. The van der Waals surface area contributed by atoms with E-state index in [0.29, 0.717) is 18.5 Å². The second kappa shape index (κ2) is 9.99. The van der Waals surface area contributed by atoms with Crippen LogP contribution in [0.15, 0.2) is 54.6 Å². The first-order chi connectivity index (χ1) is 13.6. The number of hydrogen-bond acceptors (Lipinski definition) is 2. The Kier molecular flexibility index (Phi) is 7.14. The lowest BCUT2D eigenvalue weighted by atomic mass is 10.0. The summed E-state index contributed by atoms with van der Waals surface area (Å²) in [5.74, 6) is -0.339. The van der Waals surface area contributed by atoms with Gasteiger partial charge in [0.25, 0.3) is 5.91 Å². The molecule has 2 amide bonds. The number of piperidine rings is 1. The molecule has 0 saturated carbocycles. The summed E-state index contributed by atoms with van der Waals surface area (Å²) in [5, 5.41) is 5.89. The summed E-state index contributed by atoms with van der Waals surface area (Å²) in [6.45, 7) is 2.25. The van der Waals surface area contributed by atoms with Crippen LogP contribution < -0.4 is 15.5 Å². The van der Waals surface area contributed by atoms with Crippen LogP contribution in [0.4, 0.5) is 4.39 Å². The lowest BCUT2D eigenvalue weighted by molar-refractivity contribution is -0.897. The second-order valence-electron chi connectivity index (χ2n) is 7.30. The fraction of sp³-hybridized carbons (Fsp3) is 0.364. The normalized spacial score (nSPS) is 19.0. The summed E-state index contributed by atoms with van der Waals surface area (Å²) < 4.78 is 13.6. The number of likely N-dealkylation sites (tertiary alicyclic amines) is 1. The van der Waals surface area contributed by atoms with Gasteiger partial charge in [0, 0.05) is 31.0 Å². The van der Waals surface area contributed by atoms with Gasteiger partial charge >= 0.3 is 0 Å². The standard InChI is InChI=1S/C22H26FN3O2/c23-20-9-5-4-8-18(20)15-24-22(28)16-26-12-10-19(11-13-26)25-21(27)14-17-6-2-1-3-7-17/h1-9,19H,10-16H2,(H,24,28)(H,25,27)/p+1. The van der Waals surface area contributed by atoms with Crippen molar-refractivity contribution in [1.29, 1.82) is 0 Å². The van der Waals surface area contributed by atoms with E-state index >= 15 is 0 Å². The number of hydrogen-bond donors (Lipinski definition) is 3. The maximum absolute atomic E-state index is 13.6. The first-order valence-corrected chi connectivity index (χ1v) is 9.77. The van der Waals surface area contributed by atoms with Gasteiger partial charge in [0.15, 0.2) is 6.54 Å². The number of amides is 2. The zero-order valence-electron chi connectivity index (χ0n) is 15.9. The molecule has 0 aliphatic carbocycles. The maximum atomic E-state index is 13.6. The van der Waals surface area contributed by atoms with E-state index in [1.165, 1.54) is 11.0 Å². The van der Waals surface area contributed by atoms with Crippen LogP contribution in [0, 0.1) is 5.82 Å². The zero-order valence-corrected chi connectivity index (χ0v) is 15.9. The molecule has 3 rings (SSSR count). The molecule has 0 aromatic heterocycles. The molecule has 0 atom stereocenters. The van der Waals surface area contributed by atoms with E-state index < -0.39 is 0 Å².